The van der Waals surface area contributed by atoms with E-state index >= 15 is 0 Å². The smallest absolute Gasteiger partial charge is 0.0815 e. The van der Waals surface area contributed by atoms with Crippen LogP contribution in [0.4, 0.5) is 11.4 Å². The van der Waals surface area contributed by atoms with E-state index in [4.69, 9.17) is 0 Å². The van der Waals surface area contributed by atoms with Gasteiger partial charge in [0, 0.05) is 22.9 Å². The van der Waals surface area contributed by atoms with Crippen molar-refractivity contribution in [2.75, 3.05) is 22.1 Å². The molecule has 0 amide bonds. The van der Waals surface area contributed by atoms with Crippen molar-refractivity contribution < 1.29 is 0 Å². The van der Waals surface area contributed by atoms with Crippen LogP contribution in [0.15, 0.2) is 60.7 Å². The first-order valence-electron chi connectivity index (χ1n) is 6.76. The zero-order valence-electron chi connectivity index (χ0n) is 11.2. The van der Waals surface area contributed by atoms with Gasteiger partial charge in [0.25, 0.3) is 0 Å². The monoisotopic (exact) mass is 302 g/mol. The summed E-state index contributed by atoms with van der Waals surface area (Å²) in [4.78, 5) is 0. The zero-order valence-corrected chi connectivity index (χ0v) is 12.8. The molecule has 0 spiro atoms. The lowest BCUT2D eigenvalue weighted by Gasteiger charge is -2.30. The lowest BCUT2D eigenvalue weighted by Crippen LogP contribution is -2.31. The first-order chi connectivity index (χ1) is 9.90. The normalized spacial score (nSPS) is 22.2. The summed E-state index contributed by atoms with van der Waals surface area (Å²) >= 11 is 3.98. The van der Waals surface area contributed by atoms with Crippen LogP contribution in [-0.4, -0.2) is 22.3 Å². The molecule has 1 saturated heterocycles. The van der Waals surface area contributed by atoms with E-state index < -0.39 is 0 Å². The lowest BCUT2D eigenvalue weighted by atomic mass is 10.3. The highest BCUT2D eigenvalue weighted by molar-refractivity contribution is 8.07. The van der Waals surface area contributed by atoms with E-state index in [9.17, 15) is 0 Å². The Labute approximate surface area is 128 Å². The quantitative estimate of drug-likeness (QED) is 0.877. The van der Waals surface area contributed by atoms with Crippen LogP contribution in [-0.2, 0) is 0 Å². The van der Waals surface area contributed by atoms with Crippen LogP contribution in [0.2, 0.25) is 0 Å². The van der Waals surface area contributed by atoms with Gasteiger partial charge >= 0.3 is 0 Å². The zero-order chi connectivity index (χ0) is 13.6. The summed E-state index contributed by atoms with van der Waals surface area (Å²) in [6.07, 6.45) is 0. The first-order valence-corrected chi connectivity index (χ1v) is 8.86. The van der Waals surface area contributed by atoms with Gasteiger partial charge in [-0.1, -0.05) is 36.4 Å². The van der Waals surface area contributed by atoms with E-state index in [-0.39, 0.29) is 0 Å². The molecule has 1 heterocycles. The van der Waals surface area contributed by atoms with Gasteiger partial charge in [-0.05, 0) is 24.3 Å². The van der Waals surface area contributed by atoms with Crippen molar-refractivity contribution in [3.8, 4) is 0 Å². The van der Waals surface area contributed by atoms with Crippen LogP contribution in [0.5, 0.6) is 0 Å². The molecule has 2 nitrogen and oxygen atoms in total. The molecule has 4 heteroatoms. The summed E-state index contributed by atoms with van der Waals surface area (Å²) in [6.45, 7) is 0. The molecule has 3 rings (SSSR count). The molecule has 1 aliphatic rings. The fourth-order valence-electron chi connectivity index (χ4n) is 2.11. The Morgan fingerprint density at radius 3 is 1.40 bits per heavy atom. The number of nitrogens with one attached hydrogen (secondary N) is 2. The predicted molar refractivity (Wildman–Crippen MR) is 92.6 cm³/mol. The maximum Gasteiger partial charge on any atom is 0.0815 e. The van der Waals surface area contributed by atoms with Gasteiger partial charge in [0.2, 0.25) is 0 Å². The Hall–Kier alpha value is -1.26. The van der Waals surface area contributed by atoms with Crippen molar-refractivity contribution in [3.63, 3.8) is 0 Å². The summed E-state index contributed by atoms with van der Waals surface area (Å²) < 4.78 is 0. The Kier molecular flexibility index (Phi) is 4.77. The topological polar surface area (TPSA) is 24.1 Å². The molecule has 1 fully saturated rings. The highest BCUT2D eigenvalue weighted by atomic mass is 32.2. The molecule has 20 heavy (non-hydrogen) atoms. The van der Waals surface area contributed by atoms with Crippen molar-refractivity contribution in [2.45, 2.75) is 10.7 Å². The highest BCUT2D eigenvalue weighted by Gasteiger charge is 2.21. The molecule has 0 radical (unpaired) electrons. The second-order valence-electron chi connectivity index (χ2n) is 4.66. The molecule has 0 aromatic heterocycles. The molecule has 2 atom stereocenters. The van der Waals surface area contributed by atoms with Crippen LogP contribution < -0.4 is 10.6 Å². The van der Waals surface area contributed by atoms with Gasteiger partial charge in [0.05, 0.1) is 10.7 Å². The van der Waals surface area contributed by atoms with Crippen LogP contribution in [0.25, 0.3) is 0 Å². The molecular weight excluding hydrogens is 284 g/mol. The van der Waals surface area contributed by atoms with Crippen molar-refractivity contribution in [1.29, 1.82) is 0 Å². The third-order valence-corrected chi connectivity index (χ3v) is 5.95. The van der Waals surface area contributed by atoms with E-state index in [1.807, 2.05) is 35.7 Å². The van der Waals surface area contributed by atoms with E-state index in [1.54, 1.807) is 0 Å². The van der Waals surface area contributed by atoms with Crippen molar-refractivity contribution >= 4 is 34.9 Å². The summed E-state index contributed by atoms with van der Waals surface area (Å²) in [5.74, 6) is 2.23. The molecule has 2 aromatic rings. The average Bonchev–Trinajstić information content (AvgIpc) is 2.51. The molecule has 0 aliphatic carbocycles. The second kappa shape index (κ2) is 6.95. The second-order valence-corrected chi connectivity index (χ2v) is 7.14. The van der Waals surface area contributed by atoms with Gasteiger partial charge in [0.1, 0.15) is 0 Å². The van der Waals surface area contributed by atoms with Crippen LogP contribution in [0, 0.1) is 0 Å². The van der Waals surface area contributed by atoms with Crippen molar-refractivity contribution in [1.82, 2.24) is 0 Å². The number of para-hydroxylation sites is 2. The lowest BCUT2D eigenvalue weighted by molar-refractivity contribution is 1.06. The molecule has 0 saturated carbocycles. The summed E-state index contributed by atoms with van der Waals surface area (Å²) in [6, 6.07) is 20.9. The fraction of sp³-hybridized carbons (Fsp3) is 0.250. The number of hydrogen-bond acceptors (Lipinski definition) is 4. The third kappa shape index (κ3) is 3.87. The number of rotatable bonds is 4. The molecule has 0 bridgehead atoms. The molecule has 104 valence electrons. The molecular formula is C16H18N2S2. The van der Waals surface area contributed by atoms with Crippen LogP contribution in [0.1, 0.15) is 0 Å². The van der Waals surface area contributed by atoms with Gasteiger partial charge in [-0.3, -0.25) is 0 Å². The van der Waals surface area contributed by atoms with Crippen LogP contribution in [0.3, 0.4) is 0 Å². The highest BCUT2D eigenvalue weighted by Crippen LogP contribution is 2.31. The van der Waals surface area contributed by atoms with Crippen molar-refractivity contribution in [2.24, 2.45) is 0 Å². The summed E-state index contributed by atoms with van der Waals surface area (Å²) in [7, 11) is 0. The van der Waals surface area contributed by atoms with Gasteiger partial charge in [-0.2, -0.15) is 0 Å². The van der Waals surface area contributed by atoms with E-state index in [0.29, 0.717) is 10.7 Å². The molecule has 2 N–H and O–H groups in total. The average molecular weight is 302 g/mol. The van der Waals surface area contributed by atoms with Gasteiger partial charge in [0.15, 0.2) is 0 Å². The maximum absolute atomic E-state index is 3.58. The molecule has 2 unspecified atom stereocenters. The predicted octanol–water partition coefficient (Wildman–Crippen LogP) is 4.34. The Morgan fingerprint density at radius 2 is 1.05 bits per heavy atom. The minimum atomic E-state index is 0.497. The van der Waals surface area contributed by atoms with Gasteiger partial charge in [-0.25, -0.2) is 0 Å². The SMILES string of the molecule is c1ccc(NC2CSC(Nc3ccccc3)CS2)cc1. The Balaban J connectivity index is 1.47. The van der Waals surface area contributed by atoms with Crippen LogP contribution >= 0.6 is 23.5 Å². The molecule has 1 aliphatic heterocycles. The minimum Gasteiger partial charge on any atom is -0.373 e. The van der Waals surface area contributed by atoms with E-state index in [0.717, 1.165) is 11.5 Å². The number of benzene rings is 2. The minimum absolute atomic E-state index is 0.497. The van der Waals surface area contributed by atoms with Gasteiger partial charge in [-0.15, -0.1) is 23.5 Å². The standard InChI is InChI=1S/C16H18N2S2/c1-3-7-13(8-4-1)17-15-11-20-16(12-19-15)18-14-9-5-2-6-10-14/h1-10,15-18H,11-12H2. The number of anilines is 2. The Bertz CT molecular complexity index is 461. The Morgan fingerprint density at radius 1 is 0.650 bits per heavy atom. The number of thioether (sulfide) groups is 2. The largest absolute Gasteiger partial charge is 0.373 e. The maximum atomic E-state index is 3.58. The van der Waals surface area contributed by atoms with Crippen molar-refractivity contribution in [3.05, 3.63) is 60.7 Å². The summed E-state index contributed by atoms with van der Waals surface area (Å²) in [5.41, 5.74) is 2.42. The third-order valence-electron chi connectivity index (χ3n) is 3.10. The van der Waals surface area contributed by atoms with E-state index in [2.05, 4.69) is 59.2 Å². The van der Waals surface area contributed by atoms with E-state index in [1.165, 1.54) is 11.4 Å². The molecule has 2 aromatic carbocycles. The first kappa shape index (κ1) is 13.7. The van der Waals surface area contributed by atoms with Gasteiger partial charge < -0.3 is 10.6 Å². The summed E-state index contributed by atoms with van der Waals surface area (Å²) in [5, 5.41) is 8.15. The number of hydrogen-bond donors (Lipinski definition) is 2. The fourth-order valence-corrected chi connectivity index (χ4v) is 4.77.